The molecule has 2 aromatic carbocycles. The van der Waals surface area contributed by atoms with E-state index in [1.165, 1.54) is 6.92 Å². The van der Waals surface area contributed by atoms with Crippen LogP contribution >= 0.6 is 11.3 Å². The first-order chi connectivity index (χ1) is 15.4. The molecule has 3 rings (SSSR count). The van der Waals surface area contributed by atoms with Gasteiger partial charge in [0.2, 0.25) is 0 Å². The Morgan fingerprint density at radius 2 is 1.91 bits per heavy atom. The lowest BCUT2D eigenvalue weighted by Crippen LogP contribution is -2.38. The molecule has 7 nitrogen and oxygen atoms in total. The largest absolute Gasteiger partial charge is 0.496 e. The molecule has 0 saturated carbocycles. The van der Waals surface area contributed by atoms with Crippen LogP contribution in [0.1, 0.15) is 36.2 Å². The van der Waals surface area contributed by atoms with E-state index in [1.54, 1.807) is 30.6 Å². The van der Waals surface area contributed by atoms with E-state index in [0.29, 0.717) is 12.1 Å². The van der Waals surface area contributed by atoms with E-state index in [9.17, 15) is 9.59 Å². The van der Waals surface area contributed by atoms with E-state index < -0.39 is 17.9 Å². The van der Waals surface area contributed by atoms with Crippen molar-refractivity contribution in [2.24, 2.45) is 0 Å². The second-order valence-corrected chi connectivity index (χ2v) is 8.20. The number of methoxy groups -OCH3 is 1. The fourth-order valence-electron chi connectivity index (χ4n) is 3.23. The molecule has 0 saturated heterocycles. The summed E-state index contributed by atoms with van der Waals surface area (Å²) in [5, 5.41) is 14.4. The average Bonchev–Trinajstić information content (AvgIpc) is 3.29. The highest BCUT2D eigenvalue weighted by atomic mass is 32.1. The Hall–Kier alpha value is -3.39. The summed E-state index contributed by atoms with van der Waals surface area (Å²) < 4.78 is 5.47. The number of hydrogen-bond donors (Lipinski definition) is 2. The fourth-order valence-corrected chi connectivity index (χ4v) is 4.08. The fraction of sp³-hybridized carbons (Fsp3) is 0.292. The van der Waals surface area contributed by atoms with E-state index >= 15 is 0 Å². The number of nitrogens with one attached hydrogen (secondary N) is 1. The van der Waals surface area contributed by atoms with Crippen molar-refractivity contribution >= 4 is 28.3 Å². The Kier molecular flexibility index (Phi) is 7.83. The van der Waals surface area contributed by atoms with Crippen molar-refractivity contribution < 1.29 is 19.4 Å². The van der Waals surface area contributed by atoms with Crippen molar-refractivity contribution in [3.8, 4) is 17.0 Å². The topological polar surface area (TPSA) is 91.8 Å². The highest BCUT2D eigenvalue weighted by molar-refractivity contribution is 7.14. The van der Waals surface area contributed by atoms with Crippen LogP contribution in [0.2, 0.25) is 0 Å². The van der Waals surface area contributed by atoms with E-state index in [4.69, 9.17) is 14.8 Å². The van der Waals surface area contributed by atoms with Gasteiger partial charge < -0.3 is 20.1 Å². The normalized spacial score (nSPS) is 11.6. The number of nitrogens with zero attached hydrogens (tertiary/aromatic N) is 2. The Labute approximate surface area is 191 Å². The van der Waals surface area contributed by atoms with Crippen molar-refractivity contribution in [3.05, 3.63) is 65.0 Å². The molecule has 0 aliphatic rings. The molecule has 1 aromatic heterocycles. The number of thiazole rings is 1. The minimum atomic E-state index is -1.07. The van der Waals surface area contributed by atoms with Crippen LogP contribution in [-0.2, 0) is 11.3 Å². The van der Waals surface area contributed by atoms with Crippen LogP contribution in [0, 0.1) is 0 Å². The van der Waals surface area contributed by atoms with Crippen molar-refractivity contribution in [3.63, 3.8) is 0 Å². The highest BCUT2D eigenvalue weighted by Gasteiger charge is 2.17. The Morgan fingerprint density at radius 3 is 2.56 bits per heavy atom. The molecular formula is C24H27N3O4S. The first-order valence-electron chi connectivity index (χ1n) is 10.4. The zero-order valence-corrected chi connectivity index (χ0v) is 19.2. The monoisotopic (exact) mass is 453 g/mol. The molecule has 32 heavy (non-hydrogen) atoms. The van der Waals surface area contributed by atoms with Crippen LogP contribution in [0.25, 0.3) is 11.3 Å². The van der Waals surface area contributed by atoms with Crippen molar-refractivity contribution in [1.29, 1.82) is 0 Å². The molecule has 0 radical (unpaired) electrons. The van der Waals surface area contributed by atoms with Gasteiger partial charge in [-0.2, -0.15) is 0 Å². The number of carboxylic acid groups (broad SMARTS) is 1. The number of aliphatic carboxylic acids is 1. The van der Waals surface area contributed by atoms with Gasteiger partial charge in [0, 0.05) is 29.6 Å². The third kappa shape index (κ3) is 5.64. The number of carbonyl (C=O) groups is 2. The van der Waals surface area contributed by atoms with Crippen LogP contribution in [0.3, 0.4) is 0 Å². The Bertz CT molecular complexity index is 1070. The number of benzene rings is 2. The summed E-state index contributed by atoms with van der Waals surface area (Å²) in [5.74, 6) is -0.683. The summed E-state index contributed by atoms with van der Waals surface area (Å²) >= 11 is 1.59. The predicted molar refractivity (Wildman–Crippen MR) is 126 cm³/mol. The zero-order valence-electron chi connectivity index (χ0n) is 18.4. The number of para-hydroxylation sites is 1. The summed E-state index contributed by atoms with van der Waals surface area (Å²) in [4.78, 5) is 30.2. The molecule has 1 atom stereocenters. The van der Waals surface area contributed by atoms with Gasteiger partial charge in [-0.3, -0.25) is 9.59 Å². The summed E-state index contributed by atoms with van der Waals surface area (Å²) in [7, 11) is 1.65. The maximum Gasteiger partial charge on any atom is 0.325 e. The van der Waals surface area contributed by atoms with Gasteiger partial charge in [0.15, 0.2) is 5.13 Å². The molecular weight excluding hydrogens is 426 g/mol. The number of anilines is 1. The number of aromatic nitrogens is 1. The maximum absolute atomic E-state index is 12.2. The van der Waals surface area contributed by atoms with Crippen molar-refractivity contribution in [2.75, 3.05) is 18.6 Å². The third-order valence-electron chi connectivity index (χ3n) is 4.95. The van der Waals surface area contributed by atoms with Crippen LogP contribution in [0.4, 0.5) is 5.13 Å². The van der Waals surface area contributed by atoms with Gasteiger partial charge in [-0.15, -0.1) is 11.3 Å². The molecule has 1 unspecified atom stereocenters. The van der Waals surface area contributed by atoms with E-state index in [0.717, 1.165) is 40.7 Å². The zero-order chi connectivity index (χ0) is 23.1. The number of ether oxygens (including phenoxy) is 1. The maximum atomic E-state index is 12.2. The molecule has 168 valence electrons. The van der Waals surface area contributed by atoms with Crippen LogP contribution in [0.5, 0.6) is 5.75 Å². The lowest BCUT2D eigenvalue weighted by Gasteiger charge is -2.21. The quantitative estimate of drug-likeness (QED) is 0.472. The van der Waals surface area contributed by atoms with Gasteiger partial charge in [0.25, 0.3) is 5.91 Å². The van der Waals surface area contributed by atoms with E-state index in [1.807, 2.05) is 41.8 Å². The summed E-state index contributed by atoms with van der Waals surface area (Å²) in [6.45, 7) is 5.06. The molecule has 0 spiro atoms. The number of hydrogen-bond acceptors (Lipinski definition) is 6. The van der Waals surface area contributed by atoms with E-state index in [-0.39, 0.29) is 0 Å². The molecule has 0 bridgehead atoms. The van der Waals surface area contributed by atoms with Gasteiger partial charge in [0.1, 0.15) is 11.8 Å². The standard InChI is InChI=1S/C24H27N3O4S/c1-4-13-27(24-26-20(15-32-24)19-7-5-6-8-21(19)31-3)14-17-9-11-18(12-10-17)22(28)25-16(2)23(29)30/h5-12,15-16H,4,13-14H2,1-3H3,(H,25,28)(H,29,30). The SMILES string of the molecule is CCCN(Cc1ccc(C(=O)NC(C)C(=O)O)cc1)c1nc(-c2ccccc2OC)cs1. The van der Waals surface area contributed by atoms with Gasteiger partial charge in [-0.25, -0.2) is 4.98 Å². The number of amides is 1. The van der Waals surface area contributed by atoms with Gasteiger partial charge >= 0.3 is 5.97 Å². The number of rotatable bonds is 10. The molecule has 0 aliphatic carbocycles. The lowest BCUT2D eigenvalue weighted by atomic mass is 10.1. The molecule has 0 aliphatic heterocycles. The molecule has 1 amide bonds. The number of carbonyl (C=O) groups excluding carboxylic acids is 1. The van der Waals surface area contributed by atoms with Gasteiger partial charge in [-0.1, -0.05) is 31.2 Å². The van der Waals surface area contributed by atoms with E-state index in [2.05, 4.69) is 17.1 Å². The van der Waals surface area contributed by atoms with Crippen LogP contribution < -0.4 is 15.0 Å². The smallest absolute Gasteiger partial charge is 0.325 e. The molecule has 3 aromatic rings. The Balaban J connectivity index is 1.74. The minimum Gasteiger partial charge on any atom is -0.496 e. The summed E-state index contributed by atoms with van der Waals surface area (Å²) in [6, 6.07) is 14.1. The highest BCUT2D eigenvalue weighted by Crippen LogP contribution is 2.33. The second-order valence-electron chi connectivity index (χ2n) is 7.37. The summed E-state index contributed by atoms with van der Waals surface area (Å²) in [5.41, 5.74) is 3.30. The Morgan fingerprint density at radius 1 is 1.19 bits per heavy atom. The van der Waals surface area contributed by atoms with Crippen molar-refractivity contribution in [2.45, 2.75) is 32.9 Å². The average molecular weight is 454 g/mol. The third-order valence-corrected chi connectivity index (χ3v) is 5.85. The first kappa shape index (κ1) is 23.3. The minimum absolute atomic E-state index is 0.404. The second kappa shape index (κ2) is 10.8. The lowest BCUT2D eigenvalue weighted by molar-refractivity contribution is -0.138. The molecule has 1 heterocycles. The van der Waals surface area contributed by atoms with Crippen molar-refractivity contribution in [1.82, 2.24) is 10.3 Å². The summed E-state index contributed by atoms with van der Waals surface area (Å²) in [6.07, 6.45) is 0.969. The number of carboxylic acids is 1. The van der Waals surface area contributed by atoms with Gasteiger partial charge in [-0.05, 0) is 43.2 Å². The molecule has 8 heteroatoms. The predicted octanol–water partition coefficient (Wildman–Crippen LogP) is 4.44. The van der Waals surface area contributed by atoms with Crippen LogP contribution in [-0.4, -0.2) is 41.7 Å². The first-order valence-corrected chi connectivity index (χ1v) is 11.3. The molecule has 2 N–H and O–H groups in total. The van der Waals surface area contributed by atoms with Crippen LogP contribution in [0.15, 0.2) is 53.9 Å². The molecule has 0 fully saturated rings. The van der Waals surface area contributed by atoms with Gasteiger partial charge in [0.05, 0.1) is 12.8 Å².